The molecule has 18 rings (SSSR count). The average molecular weight is 1530 g/mol. The van der Waals surface area contributed by atoms with Crippen molar-refractivity contribution in [3.05, 3.63) is 149 Å². The number of ether oxygens (including phenoxy) is 3. The molecule has 0 unspecified atom stereocenters. The summed E-state index contributed by atoms with van der Waals surface area (Å²) in [4.78, 5) is 73.1. The van der Waals surface area contributed by atoms with E-state index < -0.39 is 11.8 Å². The van der Waals surface area contributed by atoms with E-state index in [-0.39, 0.29) is 55.6 Å². The van der Waals surface area contributed by atoms with E-state index in [1.165, 1.54) is 10.9 Å². The zero-order chi connectivity index (χ0) is 77.5. The predicted octanol–water partition coefficient (Wildman–Crippen LogP) is 14.6. The summed E-state index contributed by atoms with van der Waals surface area (Å²) in [6, 6.07) is 24.5. The van der Waals surface area contributed by atoms with Crippen LogP contribution in [0.1, 0.15) is 177 Å². The van der Waals surface area contributed by atoms with Gasteiger partial charge < -0.3 is 58.6 Å². The van der Waals surface area contributed by atoms with Crippen molar-refractivity contribution in [2.24, 2.45) is 7.05 Å². The second-order valence-corrected chi connectivity index (χ2v) is 31.1. The fraction of sp³-hybridized carbons (Fsp3) is 0.488. The molecule has 2 saturated carbocycles. The summed E-state index contributed by atoms with van der Waals surface area (Å²) in [7, 11) is 6.74. The molecule has 24 nitrogen and oxygen atoms in total. The van der Waals surface area contributed by atoms with E-state index >= 15 is 0 Å². The molecule has 10 aromatic rings. The Morgan fingerprint density at radius 1 is 0.491 bits per heavy atom. The van der Waals surface area contributed by atoms with Gasteiger partial charge in [-0.2, -0.15) is 10.4 Å². The van der Waals surface area contributed by atoms with E-state index in [1.54, 1.807) is 41.8 Å². The van der Waals surface area contributed by atoms with Crippen molar-refractivity contribution in [2.45, 2.75) is 178 Å². The summed E-state index contributed by atoms with van der Waals surface area (Å²) < 4.78 is 80.9. The molecule has 13 heterocycles. The quantitative estimate of drug-likeness (QED) is 0.114. The lowest BCUT2D eigenvalue weighted by atomic mass is 9.86. The summed E-state index contributed by atoms with van der Waals surface area (Å²) in [6.07, 6.45) is 14.5. The van der Waals surface area contributed by atoms with Crippen LogP contribution in [0.4, 0.5) is 31.9 Å². The van der Waals surface area contributed by atoms with Gasteiger partial charge in [-0.1, -0.05) is 42.5 Å². The Bertz CT molecular complexity index is 5220. The van der Waals surface area contributed by atoms with Gasteiger partial charge in [-0.3, -0.25) is 14.6 Å². The van der Waals surface area contributed by atoms with Gasteiger partial charge in [0.2, 0.25) is 11.8 Å². The number of carbonyl (C=O) groups is 3. The van der Waals surface area contributed by atoms with Gasteiger partial charge in [0.15, 0.2) is 0 Å². The highest BCUT2D eigenvalue weighted by Gasteiger charge is 2.42. The molecule has 7 aromatic heterocycles. The molecule has 0 atom stereocenters. The molecule has 8 aliphatic rings. The molecule has 0 radical (unpaired) electrons. The first-order valence-electron chi connectivity index (χ1n) is 39.6. The van der Waals surface area contributed by atoms with Crippen LogP contribution in [0, 0.1) is 18.3 Å². The van der Waals surface area contributed by atoms with E-state index in [2.05, 4.69) is 84.1 Å². The van der Waals surface area contributed by atoms with Gasteiger partial charge in [0.05, 0.1) is 76.8 Å². The Morgan fingerprint density at radius 3 is 1.38 bits per heavy atom. The van der Waals surface area contributed by atoms with Crippen molar-refractivity contribution < 1.29 is 46.2 Å². The number of halogens is 4. The molecule has 3 N–H and O–H groups in total. The lowest BCUT2D eigenvalue weighted by molar-refractivity contribution is -0.0396. The van der Waals surface area contributed by atoms with Crippen LogP contribution in [-0.2, 0) is 60.5 Å². The van der Waals surface area contributed by atoms with Crippen molar-refractivity contribution in [3.8, 4) is 51.1 Å². The minimum absolute atomic E-state index is 0.00750. The van der Waals surface area contributed by atoms with E-state index in [1.807, 2.05) is 60.9 Å². The number of aryl methyl sites for hydroxylation is 2. The maximum Gasteiger partial charge on any atom is 0.317 e. The van der Waals surface area contributed by atoms with Crippen LogP contribution < -0.4 is 16.0 Å². The predicted molar refractivity (Wildman–Crippen MR) is 416 cm³/mol. The molecule has 6 aliphatic heterocycles. The highest BCUT2D eigenvalue weighted by atomic mass is 19.3. The summed E-state index contributed by atoms with van der Waals surface area (Å²) in [5.41, 5.74) is 14.2. The van der Waals surface area contributed by atoms with Crippen LogP contribution >= 0.6 is 0 Å². The maximum absolute atomic E-state index is 14.0. The van der Waals surface area contributed by atoms with Crippen LogP contribution in [0.25, 0.3) is 77.5 Å². The highest BCUT2D eigenvalue weighted by molar-refractivity contribution is 5.99. The first-order chi connectivity index (χ1) is 54.3. The number of urea groups is 3. The number of alkyl halides is 4. The normalized spacial score (nSPS) is 19.1. The molecule has 0 spiro atoms. The highest BCUT2D eigenvalue weighted by Crippen LogP contribution is 2.47. The molecular weight excluding hydrogens is 1430 g/mol. The Balaban J connectivity index is 0.000000127. The zero-order valence-corrected chi connectivity index (χ0v) is 64.2. The number of aromatic nitrogens is 11. The van der Waals surface area contributed by atoms with Crippen LogP contribution in [0.3, 0.4) is 0 Å². The Kier molecular flexibility index (Phi) is 21.6. The van der Waals surface area contributed by atoms with Crippen LogP contribution in [-0.4, -0.2) is 178 Å². The fourth-order valence-electron chi connectivity index (χ4n) is 18.0. The minimum Gasteiger partial charge on any atom is -0.381 e. The monoisotopic (exact) mass is 1530 g/mol. The van der Waals surface area contributed by atoms with E-state index in [0.717, 1.165) is 186 Å². The van der Waals surface area contributed by atoms with Crippen molar-refractivity contribution in [2.75, 3.05) is 80.4 Å². The van der Waals surface area contributed by atoms with E-state index in [4.69, 9.17) is 44.1 Å². The summed E-state index contributed by atoms with van der Waals surface area (Å²) in [6.45, 7) is 11.8. The number of nitriles is 1. The van der Waals surface area contributed by atoms with E-state index in [0.29, 0.717) is 118 Å². The van der Waals surface area contributed by atoms with Crippen LogP contribution in [0.5, 0.6) is 0 Å². The third-order valence-corrected chi connectivity index (χ3v) is 24.3. The Labute approximate surface area is 647 Å². The number of hydrogen-bond donors (Lipinski definition) is 3. The number of pyridine rings is 3. The lowest BCUT2D eigenvalue weighted by Crippen LogP contribution is -2.43. The second kappa shape index (κ2) is 32.0. The molecule has 5 fully saturated rings. The van der Waals surface area contributed by atoms with Gasteiger partial charge in [0, 0.05) is 231 Å². The van der Waals surface area contributed by atoms with E-state index in [9.17, 15) is 37.2 Å². The van der Waals surface area contributed by atoms with Gasteiger partial charge in [-0.25, -0.2) is 51.9 Å². The number of nitrogens with zero attached hydrogens (tertiary/aromatic N) is 15. The van der Waals surface area contributed by atoms with Crippen LogP contribution in [0.15, 0.2) is 91.5 Å². The zero-order valence-electron chi connectivity index (χ0n) is 64.2. The van der Waals surface area contributed by atoms with Gasteiger partial charge in [-0.05, 0) is 112 Å². The average Bonchev–Trinajstić information content (AvgIpc) is 1.60. The Morgan fingerprint density at radius 2 is 0.920 bits per heavy atom. The molecule has 3 aromatic carbocycles. The molecular formula is C84H96F4N18O6. The third kappa shape index (κ3) is 15.2. The topological polar surface area (TPSA) is 258 Å². The van der Waals surface area contributed by atoms with Crippen molar-refractivity contribution in [1.29, 1.82) is 5.26 Å². The molecule has 3 saturated heterocycles. The number of amides is 6. The third-order valence-electron chi connectivity index (χ3n) is 24.3. The Hall–Kier alpha value is -10.4. The smallest absolute Gasteiger partial charge is 0.317 e. The number of carbonyl (C=O) groups excluding carboxylic acids is 3. The van der Waals surface area contributed by atoms with Crippen molar-refractivity contribution in [3.63, 3.8) is 0 Å². The molecule has 28 heteroatoms. The molecule has 112 heavy (non-hydrogen) atoms. The first kappa shape index (κ1) is 75.7. The SMILES string of the molecule is CNC(=O)N1CCn2c(C3CCC(F)(F)CC3)nc(-c3cccc4cc(C5CCOCC5)ncc34)c2C1.CNC(=O)N1CCn2c(C3CCC(F)(F)CC3)nc(-c3cccc4nc(-c5cnn(C)c5)c(C#N)cc34)c2C1.CNC(=O)N1CCn2c(C3CCOCC3)nc(-c3c(C)ccc4cc(C5CCOCC5)ncc34)c2C1. The van der Waals surface area contributed by atoms with Gasteiger partial charge in [0.25, 0.3) is 0 Å². The lowest BCUT2D eigenvalue weighted by Gasteiger charge is -2.32. The summed E-state index contributed by atoms with van der Waals surface area (Å²) in [5.74, 6) is -1.26. The minimum atomic E-state index is -2.63. The number of nitrogens with one attached hydrogen (secondary N) is 3. The number of hydrogen-bond acceptors (Lipinski definition) is 14. The summed E-state index contributed by atoms with van der Waals surface area (Å²) >= 11 is 0. The maximum atomic E-state index is 14.0. The van der Waals surface area contributed by atoms with Crippen LogP contribution in [0.2, 0.25) is 0 Å². The van der Waals surface area contributed by atoms with Gasteiger partial charge >= 0.3 is 18.1 Å². The molecule has 0 bridgehead atoms. The molecule has 6 amide bonds. The molecule has 2 aliphatic carbocycles. The number of fused-ring (bicyclic) bond motifs is 6. The number of benzene rings is 3. The number of rotatable bonds is 9. The standard InChI is InChI=1S/C28H28F2N8O.C28H33F2N5O2.C28H35N5O3/c1-32-27(39)37-10-11-38-23(16-37)25(35-26(38)17-6-8-28(29,30)9-7-17)20-4-3-5-22-21(20)12-18(13-31)24(34-22)19-14-33-36(2)15-19;1-31-27(36)34-11-12-35-24(17-34)25(33-26(35)19-5-9-28(29,30)10-6-19)21-4-2-3-20-15-23(32-16-22(20)21)18-7-13-37-14-8-18;1-18-3-4-21-15-23(19-5-11-35-12-6-19)30-16-22(21)25(18)26-24-17-32(28(34)29-2)9-10-33(24)27(31-26)20-7-13-36-14-8-20/h3-5,12,14-15,17H,6-11,16H2,1-2H3,(H,32,39);2-4,15-16,18-19H,5-14,17H2,1H3,(H,31,36);3-4,15-16,19-20H,5-14,17H2,1-2H3,(H,29,34). The number of imidazole rings is 3. The largest absolute Gasteiger partial charge is 0.381 e. The first-order valence-corrected chi connectivity index (χ1v) is 39.6. The second-order valence-electron chi connectivity index (χ2n) is 31.1. The fourth-order valence-corrected chi connectivity index (χ4v) is 18.0. The van der Waals surface area contributed by atoms with Gasteiger partial charge in [-0.15, -0.1) is 0 Å². The van der Waals surface area contributed by atoms with Crippen molar-refractivity contribution in [1.82, 2.24) is 84.0 Å². The summed E-state index contributed by atoms with van der Waals surface area (Å²) in [5, 5.41) is 27.6. The van der Waals surface area contributed by atoms with Gasteiger partial charge in [0.1, 0.15) is 23.5 Å². The van der Waals surface area contributed by atoms with Crippen molar-refractivity contribution >= 4 is 50.5 Å². The molecule has 586 valence electrons.